The third kappa shape index (κ3) is 15.9. The number of rotatable bonds is 9. The number of fused-ring (bicyclic) bond motifs is 3. The lowest BCUT2D eigenvalue weighted by Crippen LogP contribution is -2.61. The number of carbonyl (C=O) groups is 5. The summed E-state index contributed by atoms with van der Waals surface area (Å²) in [5.74, 6) is -8.26. The van der Waals surface area contributed by atoms with Crippen molar-refractivity contribution in [2.75, 3.05) is 41.6 Å². The second-order valence-corrected chi connectivity index (χ2v) is 22.7. The smallest absolute Gasteiger partial charge is 0.329 e. The third-order valence-corrected chi connectivity index (χ3v) is 16.4. The second kappa shape index (κ2) is 27.2. The summed E-state index contributed by atoms with van der Waals surface area (Å²) in [6.07, 6.45) is 10.8. The number of hydrogen-bond acceptors (Lipinski definition) is 15. The second-order valence-electron chi connectivity index (χ2n) is 20.6. The fourth-order valence-electron chi connectivity index (χ4n) is 10.5. The monoisotopic (exact) mass is 1010 g/mol. The molecule has 2 bridgehead atoms. The molecule has 1 saturated carbocycles. The molecule has 16 nitrogen and oxygen atoms in total. The van der Waals surface area contributed by atoms with Gasteiger partial charge in [-0.05, 0) is 107 Å². The fraction of sp³-hybridized carbons (Fsp3) is 0.755. The van der Waals surface area contributed by atoms with E-state index in [1.165, 1.54) is 25.8 Å². The number of esters is 1. The molecule has 1 aliphatic carbocycles. The summed E-state index contributed by atoms with van der Waals surface area (Å²) in [6, 6.07) is -1.17. The van der Waals surface area contributed by atoms with Crippen molar-refractivity contribution in [2.24, 2.45) is 35.5 Å². The number of Topliss-reactive ketones (excluding diaryl/α,β-unsaturated/α-hetero) is 3. The van der Waals surface area contributed by atoms with E-state index in [4.69, 9.17) is 32.7 Å². The number of amides is 1. The summed E-state index contributed by atoms with van der Waals surface area (Å²) in [7, 11) is 2.55. The quantitative estimate of drug-likeness (QED) is 0.0982. The Morgan fingerprint density at radius 3 is 2.23 bits per heavy atom. The molecule has 0 aromatic rings. The highest BCUT2D eigenvalue weighted by atomic mass is 31.2. The Hall–Kier alpha value is -3.18. The molecule has 3 unspecified atom stereocenters. The fourth-order valence-corrected chi connectivity index (χ4v) is 11.3. The van der Waals surface area contributed by atoms with Crippen molar-refractivity contribution in [2.45, 2.75) is 180 Å². The van der Waals surface area contributed by atoms with Gasteiger partial charge in [0.1, 0.15) is 30.1 Å². The van der Waals surface area contributed by atoms with Crippen molar-refractivity contribution in [1.82, 2.24) is 4.90 Å². The van der Waals surface area contributed by atoms with E-state index in [0.717, 1.165) is 5.57 Å². The summed E-state index contributed by atoms with van der Waals surface area (Å²) in [5, 5.41) is 23.5. The minimum atomic E-state index is -3.30. The zero-order valence-corrected chi connectivity index (χ0v) is 44.7. The standard InChI is InChI=1S/C53H84NO15P/c1-32-18-14-13-15-19-33(2)44(63-8)30-40-23-21-38(7)53(61,68-40)50(58)51(59)54-25-17-16-20-41(54)52(60)67-45(35(4)28-39-22-24-43(46(29-39)64-9)69-70(12,62)66-11)31-42(55)34(3)27-37(6)48(57)49(65-10)47(56)36(5)26-32/h13-15,18-19,27,32,34-36,38-41,43-46,48-49,57,61H,16-17,20-26,28-31H2,1-12H3/b15-13+,18-14+,33-19+,37-27+/t32-,34-,35-,36-,38-,39+,40+,41?,43?,44+,45+,46-,48-,49+,53-,70?/m1/s1. The molecule has 0 aromatic heterocycles. The Morgan fingerprint density at radius 1 is 0.857 bits per heavy atom. The number of nitrogens with zero attached hydrogens (tertiary/aromatic N) is 1. The van der Waals surface area contributed by atoms with Crippen LogP contribution in [0, 0.1) is 35.5 Å². The molecule has 2 saturated heterocycles. The van der Waals surface area contributed by atoms with Crippen LogP contribution < -0.4 is 0 Å². The van der Waals surface area contributed by atoms with E-state index in [1.807, 2.05) is 58.1 Å². The van der Waals surface area contributed by atoms with Crippen molar-refractivity contribution in [3.05, 3.63) is 47.6 Å². The molecule has 4 rings (SSSR count). The van der Waals surface area contributed by atoms with Gasteiger partial charge in [0.2, 0.25) is 5.79 Å². The molecule has 16 atom stereocenters. The number of carbonyl (C=O) groups excluding carboxylic acids is 5. The Morgan fingerprint density at radius 2 is 1.57 bits per heavy atom. The Bertz CT molecular complexity index is 1970. The Balaban J connectivity index is 1.70. The van der Waals surface area contributed by atoms with Gasteiger partial charge in [-0.3, -0.25) is 23.7 Å². The maximum absolute atomic E-state index is 14.5. The number of methoxy groups -OCH3 is 3. The van der Waals surface area contributed by atoms with Gasteiger partial charge in [-0.25, -0.2) is 4.79 Å². The van der Waals surface area contributed by atoms with Crippen molar-refractivity contribution in [1.29, 1.82) is 0 Å². The van der Waals surface area contributed by atoms with Crippen LogP contribution in [0.2, 0.25) is 0 Å². The van der Waals surface area contributed by atoms with Crippen LogP contribution in [0.5, 0.6) is 0 Å². The first-order chi connectivity index (χ1) is 33.0. The molecule has 0 spiro atoms. The molecule has 396 valence electrons. The highest BCUT2D eigenvalue weighted by molar-refractivity contribution is 7.52. The van der Waals surface area contributed by atoms with Crippen LogP contribution in [-0.2, 0) is 61.3 Å². The average molecular weight is 1010 g/mol. The lowest BCUT2D eigenvalue weighted by atomic mass is 9.78. The normalized spacial score (nSPS) is 39.3. The minimum Gasteiger partial charge on any atom is -0.460 e. The maximum atomic E-state index is 14.5. The molecule has 4 aliphatic rings. The number of hydrogen-bond donors (Lipinski definition) is 2. The zero-order chi connectivity index (χ0) is 52.1. The van der Waals surface area contributed by atoms with E-state index in [1.54, 1.807) is 41.1 Å². The SMILES string of the molecule is CO[C@H]1C[C@@H]2CC[C@@H](C)[C@@](O)(O2)C(=O)C(=O)N2CCCCC2C(=O)O[C@H]([C@H](C)C[C@@H]2CCC(OP(C)(=O)OC)[C@H](OC)C2)CC(=O)[C@H](C)/C=C(\C)[C@@H](O)[C@@H](OC)C(=O)[C@H](C)C[C@H](C)/C=C/C=C/C=C/1C. The predicted molar refractivity (Wildman–Crippen MR) is 265 cm³/mol. The first-order valence-corrected chi connectivity index (χ1v) is 27.3. The summed E-state index contributed by atoms with van der Waals surface area (Å²) >= 11 is 0. The van der Waals surface area contributed by atoms with E-state index < -0.39 is 97.6 Å². The summed E-state index contributed by atoms with van der Waals surface area (Å²) < 4.78 is 53.4. The number of aliphatic hydroxyl groups excluding tert-OH is 1. The van der Waals surface area contributed by atoms with E-state index in [-0.39, 0.29) is 48.7 Å². The number of ketones is 3. The molecule has 3 aliphatic heterocycles. The summed E-state index contributed by atoms with van der Waals surface area (Å²) in [4.78, 5) is 72.3. The number of ether oxygens (including phenoxy) is 5. The number of aliphatic hydroxyl groups is 2. The van der Waals surface area contributed by atoms with Gasteiger partial charge in [0.05, 0.1) is 24.4 Å². The van der Waals surface area contributed by atoms with Crippen LogP contribution in [0.4, 0.5) is 0 Å². The van der Waals surface area contributed by atoms with E-state index in [9.17, 15) is 38.8 Å². The molecule has 1 amide bonds. The topological polar surface area (TPSA) is 211 Å². The molecule has 0 radical (unpaired) electrons. The largest absolute Gasteiger partial charge is 0.460 e. The van der Waals surface area contributed by atoms with Gasteiger partial charge in [0.15, 0.2) is 5.78 Å². The Labute approximate surface area is 416 Å². The van der Waals surface area contributed by atoms with Gasteiger partial charge in [-0.15, -0.1) is 0 Å². The van der Waals surface area contributed by atoms with E-state index in [0.29, 0.717) is 69.8 Å². The molecule has 3 fully saturated rings. The number of allylic oxidation sites excluding steroid dienone is 6. The molecule has 3 heterocycles. The van der Waals surface area contributed by atoms with Crippen molar-refractivity contribution in [3.63, 3.8) is 0 Å². The lowest BCUT2D eigenvalue weighted by molar-refractivity contribution is -0.265. The average Bonchev–Trinajstić information content (AvgIpc) is 3.33. The van der Waals surface area contributed by atoms with Gasteiger partial charge in [0, 0.05) is 72.2 Å². The summed E-state index contributed by atoms with van der Waals surface area (Å²) in [5.41, 5.74) is 1.24. The van der Waals surface area contributed by atoms with Crippen LogP contribution >= 0.6 is 7.60 Å². The molecule has 2 N–H and O–H groups in total. The first kappa shape index (κ1) is 59.4. The maximum Gasteiger partial charge on any atom is 0.329 e. The highest BCUT2D eigenvalue weighted by Gasteiger charge is 2.53. The Kier molecular flexibility index (Phi) is 23.1. The molecular formula is C53H84NO15P. The lowest BCUT2D eigenvalue weighted by Gasteiger charge is -2.42. The number of piperidine rings is 1. The van der Waals surface area contributed by atoms with Gasteiger partial charge in [0.25, 0.3) is 11.7 Å². The van der Waals surface area contributed by atoms with Crippen LogP contribution in [0.3, 0.4) is 0 Å². The predicted octanol–water partition coefficient (Wildman–Crippen LogP) is 7.67. The van der Waals surface area contributed by atoms with E-state index >= 15 is 0 Å². The van der Waals surface area contributed by atoms with Crippen molar-refractivity contribution in [3.8, 4) is 0 Å². The van der Waals surface area contributed by atoms with Crippen LogP contribution in [0.1, 0.15) is 126 Å². The van der Waals surface area contributed by atoms with Crippen LogP contribution in [0.15, 0.2) is 47.6 Å². The van der Waals surface area contributed by atoms with Crippen molar-refractivity contribution >= 4 is 36.8 Å². The van der Waals surface area contributed by atoms with E-state index in [2.05, 4.69) is 0 Å². The van der Waals surface area contributed by atoms with Gasteiger partial charge >= 0.3 is 13.6 Å². The highest BCUT2D eigenvalue weighted by Crippen LogP contribution is 2.48. The third-order valence-electron chi connectivity index (χ3n) is 15.1. The number of cyclic esters (lactones) is 1. The summed E-state index contributed by atoms with van der Waals surface area (Å²) in [6.45, 7) is 14.1. The van der Waals surface area contributed by atoms with Gasteiger partial charge < -0.3 is 47.8 Å². The van der Waals surface area contributed by atoms with Gasteiger partial charge in [-0.1, -0.05) is 71.1 Å². The zero-order valence-electron chi connectivity index (χ0n) is 43.8. The molecule has 70 heavy (non-hydrogen) atoms. The molecule has 17 heteroatoms. The first-order valence-electron chi connectivity index (χ1n) is 25.3. The molecule has 0 aromatic carbocycles. The van der Waals surface area contributed by atoms with Crippen LogP contribution in [0.25, 0.3) is 0 Å². The van der Waals surface area contributed by atoms with Gasteiger partial charge in [-0.2, -0.15) is 0 Å². The van der Waals surface area contributed by atoms with Crippen molar-refractivity contribution < 1.29 is 71.5 Å². The molecular weight excluding hydrogens is 922 g/mol. The minimum absolute atomic E-state index is 0.00690. The van der Waals surface area contributed by atoms with Crippen LogP contribution in [-0.4, -0.2) is 141 Å².